The van der Waals surface area contributed by atoms with Gasteiger partial charge < -0.3 is 35.1 Å². The van der Waals surface area contributed by atoms with Gasteiger partial charge in [0.15, 0.2) is 0 Å². The molecule has 3 aliphatic rings. The van der Waals surface area contributed by atoms with Crippen LogP contribution in [0.25, 0.3) is 11.3 Å². The summed E-state index contributed by atoms with van der Waals surface area (Å²) in [6.45, 7) is 4.59. The number of rotatable bonds is 3. The Bertz CT molecular complexity index is 1220. The zero-order valence-corrected chi connectivity index (χ0v) is 20.7. The molecule has 2 aromatic rings. The SMILES string of the molecule is N#Cc1c(C(N)=O)c2n(c1-c1ccccc1)CCN(C(=O)NC1CCN(C(=O)N3CCOCC3)CC1)C2. The first kappa shape index (κ1) is 24.6. The number of primary amides is 1. The number of ether oxygens (including phenoxy) is 1. The number of fused-ring (bicyclic) bond motifs is 1. The van der Waals surface area contributed by atoms with Crippen molar-refractivity contribution in [3.8, 4) is 17.3 Å². The topological polar surface area (TPSA) is 137 Å². The third-order valence-electron chi connectivity index (χ3n) is 7.37. The summed E-state index contributed by atoms with van der Waals surface area (Å²) < 4.78 is 7.27. The maximum Gasteiger partial charge on any atom is 0.320 e. The number of nitriles is 1. The minimum atomic E-state index is -0.679. The van der Waals surface area contributed by atoms with Gasteiger partial charge in [0, 0.05) is 45.3 Å². The predicted molar refractivity (Wildman–Crippen MR) is 134 cm³/mol. The van der Waals surface area contributed by atoms with Gasteiger partial charge in [0.2, 0.25) is 0 Å². The van der Waals surface area contributed by atoms with E-state index in [9.17, 15) is 19.6 Å². The molecule has 0 aliphatic carbocycles. The van der Waals surface area contributed by atoms with E-state index < -0.39 is 5.91 Å². The van der Waals surface area contributed by atoms with Gasteiger partial charge in [-0.05, 0) is 18.4 Å². The van der Waals surface area contributed by atoms with Gasteiger partial charge in [0.1, 0.15) is 6.07 Å². The van der Waals surface area contributed by atoms with Crippen LogP contribution in [0, 0.1) is 11.3 Å². The first-order valence-corrected chi connectivity index (χ1v) is 12.7. The lowest BCUT2D eigenvalue weighted by Crippen LogP contribution is -2.54. The molecule has 3 N–H and O–H groups in total. The van der Waals surface area contributed by atoms with Crippen molar-refractivity contribution in [3.63, 3.8) is 0 Å². The molecule has 0 atom stereocenters. The van der Waals surface area contributed by atoms with E-state index in [4.69, 9.17) is 10.5 Å². The summed E-state index contributed by atoms with van der Waals surface area (Å²) in [6.07, 6.45) is 1.35. The van der Waals surface area contributed by atoms with Gasteiger partial charge in [-0.3, -0.25) is 4.79 Å². The van der Waals surface area contributed by atoms with Crippen LogP contribution in [0.4, 0.5) is 9.59 Å². The number of amides is 5. The number of hydrogen-bond donors (Lipinski definition) is 2. The van der Waals surface area contributed by atoms with Crippen LogP contribution in [0.3, 0.4) is 0 Å². The molecule has 11 heteroatoms. The molecule has 11 nitrogen and oxygen atoms in total. The van der Waals surface area contributed by atoms with E-state index in [2.05, 4.69) is 11.4 Å². The summed E-state index contributed by atoms with van der Waals surface area (Å²) in [5.41, 5.74) is 8.18. The number of morpholine rings is 1. The number of nitrogens with one attached hydrogen (secondary N) is 1. The average Bonchev–Trinajstić information content (AvgIpc) is 3.28. The Morgan fingerprint density at radius 2 is 1.62 bits per heavy atom. The van der Waals surface area contributed by atoms with Gasteiger partial charge in [-0.25, -0.2) is 9.59 Å². The molecule has 2 fully saturated rings. The lowest BCUT2D eigenvalue weighted by atomic mass is 10.0. The normalized spacial score (nSPS) is 18.2. The number of carbonyl (C=O) groups is 3. The number of benzene rings is 1. The molecule has 0 bridgehead atoms. The minimum absolute atomic E-state index is 0.0337. The molecule has 1 aromatic heterocycles. The molecule has 5 rings (SSSR count). The molecule has 37 heavy (non-hydrogen) atoms. The number of likely N-dealkylation sites (tertiary alicyclic amines) is 1. The molecular weight excluding hydrogens is 474 g/mol. The first-order chi connectivity index (χ1) is 18.0. The Kier molecular flexibility index (Phi) is 7.01. The number of nitrogens with zero attached hydrogens (tertiary/aromatic N) is 5. The Labute approximate surface area is 215 Å². The van der Waals surface area contributed by atoms with Crippen LogP contribution in [0.5, 0.6) is 0 Å². The van der Waals surface area contributed by atoms with Crippen molar-refractivity contribution >= 4 is 18.0 Å². The van der Waals surface area contributed by atoms with E-state index in [1.54, 1.807) is 4.90 Å². The van der Waals surface area contributed by atoms with Crippen LogP contribution >= 0.6 is 0 Å². The Morgan fingerprint density at radius 1 is 0.946 bits per heavy atom. The van der Waals surface area contributed by atoms with Gasteiger partial charge in [0.25, 0.3) is 5.91 Å². The van der Waals surface area contributed by atoms with E-state index in [1.165, 1.54) is 0 Å². The van der Waals surface area contributed by atoms with Crippen molar-refractivity contribution in [1.82, 2.24) is 24.6 Å². The van der Waals surface area contributed by atoms with Crippen LogP contribution in [-0.2, 0) is 17.8 Å². The number of aromatic nitrogens is 1. The molecule has 4 heterocycles. The highest BCUT2D eigenvalue weighted by Gasteiger charge is 2.33. The molecule has 0 spiro atoms. The van der Waals surface area contributed by atoms with E-state index in [0.717, 1.165) is 5.56 Å². The van der Waals surface area contributed by atoms with E-state index in [0.29, 0.717) is 76.7 Å². The Hall–Kier alpha value is -4.04. The van der Waals surface area contributed by atoms with Crippen molar-refractivity contribution in [2.24, 2.45) is 5.73 Å². The summed E-state index contributed by atoms with van der Waals surface area (Å²) >= 11 is 0. The van der Waals surface area contributed by atoms with Crippen LogP contribution < -0.4 is 11.1 Å². The largest absolute Gasteiger partial charge is 0.378 e. The fourth-order valence-corrected chi connectivity index (χ4v) is 5.44. The maximum atomic E-state index is 13.2. The molecule has 0 radical (unpaired) electrons. The predicted octanol–water partition coefficient (Wildman–Crippen LogP) is 1.57. The molecule has 194 valence electrons. The number of piperidine rings is 1. The van der Waals surface area contributed by atoms with E-state index in [1.807, 2.05) is 44.7 Å². The van der Waals surface area contributed by atoms with Gasteiger partial charge >= 0.3 is 12.1 Å². The minimum Gasteiger partial charge on any atom is -0.378 e. The smallest absolute Gasteiger partial charge is 0.320 e. The first-order valence-electron chi connectivity index (χ1n) is 12.7. The second-order valence-corrected chi connectivity index (χ2v) is 9.55. The average molecular weight is 506 g/mol. The van der Waals surface area contributed by atoms with Crippen molar-refractivity contribution in [3.05, 3.63) is 47.2 Å². The summed E-state index contributed by atoms with van der Waals surface area (Å²) in [5, 5.41) is 13.0. The molecule has 0 unspecified atom stereocenters. The zero-order chi connectivity index (χ0) is 25.9. The van der Waals surface area contributed by atoms with Crippen LogP contribution in [-0.4, -0.2) is 89.2 Å². The van der Waals surface area contributed by atoms with Crippen molar-refractivity contribution in [1.29, 1.82) is 5.26 Å². The Morgan fingerprint density at radius 3 is 2.27 bits per heavy atom. The second-order valence-electron chi connectivity index (χ2n) is 9.55. The summed E-state index contributed by atoms with van der Waals surface area (Å²) in [6, 6.07) is 11.4. The van der Waals surface area contributed by atoms with Crippen LogP contribution in [0.15, 0.2) is 30.3 Å². The Balaban J connectivity index is 1.25. The molecule has 5 amide bonds. The quantitative estimate of drug-likeness (QED) is 0.652. The van der Waals surface area contributed by atoms with Crippen molar-refractivity contribution in [2.75, 3.05) is 45.9 Å². The second kappa shape index (κ2) is 10.5. The summed E-state index contributed by atoms with van der Waals surface area (Å²) in [4.78, 5) is 43.6. The highest BCUT2D eigenvalue weighted by Crippen LogP contribution is 2.34. The monoisotopic (exact) mass is 505 g/mol. The molecule has 2 saturated heterocycles. The van der Waals surface area contributed by atoms with Gasteiger partial charge in [-0.15, -0.1) is 0 Å². The van der Waals surface area contributed by atoms with E-state index in [-0.39, 0.29) is 35.8 Å². The zero-order valence-electron chi connectivity index (χ0n) is 20.7. The van der Waals surface area contributed by atoms with Crippen molar-refractivity contribution in [2.45, 2.75) is 32.0 Å². The molecule has 3 aliphatic heterocycles. The number of urea groups is 2. The lowest BCUT2D eigenvalue weighted by Gasteiger charge is -2.38. The highest BCUT2D eigenvalue weighted by molar-refractivity contribution is 5.99. The highest BCUT2D eigenvalue weighted by atomic mass is 16.5. The maximum absolute atomic E-state index is 13.2. The van der Waals surface area contributed by atoms with E-state index >= 15 is 0 Å². The van der Waals surface area contributed by atoms with Gasteiger partial charge in [-0.2, -0.15) is 5.26 Å². The number of carbonyl (C=O) groups excluding carboxylic acids is 3. The number of hydrogen-bond acceptors (Lipinski definition) is 5. The molecule has 1 aromatic carbocycles. The fraction of sp³-hybridized carbons (Fsp3) is 0.462. The fourth-order valence-electron chi connectivity index (χ4n) is 5.44. The van der Waals surface area contributed by atoms with Gasteiger partial charge in [-0.1, -0.05) is 30.3 Å². The third-order valence-corrected chi connectivity index (χ3v) is 7.37. The third kappa shape index (κ3) is 4.84. The van der Waals surface area contributed by atoms with Gasteiger partial charge in [0.05, 0.1) is 42.3 Å². The summed E-state index contributed by atoms with van der Waals surface area (Å²) in [7, 11) is 0. The molecular formula is C26H31N7O4. The summed E-state index contributed by atoms with van der Waals surface area (Å²) in [5.74, 6) is -0.679. The number of nitrogens with two attached hydrogens (primary N) is 1. The lowest BCUT2D eigenvalue weighted by molar-refractivity contribution is 0.0408. The van der Waals surface area contributed by atoms with Crippen molar-refractivity contribution < 1.29 is 19.1 Å². The standard InChI is InChI=1S/C26H31N7O4/c27-16-20-22(24(28)34)21-17-32(10-11-33(21)23(20)18-4-2-1-3-5-18)25(35)29-19-6-8-30(9-7-19)26(36)31-12-14-37-15-13-31/h1-5,19H,6-15,17H2,(H2,28,34)(H,29,35). The van der Waals surface area contributed by atoms with Crippen LogP contribution in [0.1, 0.15) is 34.5 Å². The molecule has 0 saturated carbocycles. The van der Waals surface area contributed by atoms with Crippen LogP contribution in [0.2, 0.25) is 0 Å².